The predicted octanol–water partition coefficient (Wildman–Crippen LogP) is 11.8. The molecule has 0 spiro atoms. The molecule has 0 bridgehead atoms. The Balaban J connectivity index is 1.32. The van der Waals surface area contributed by atoms with Crippen molar-refractivity contribution < 1.29 is 4.42 Å². The first-order valence-corrected chi connectivity index (χ1v) is 17.5. The summed E-state index contributed by atoms with van der Waals surface area (Å²) >= 11 is 0. The highest BCUT2D eigenvalue weighted by Gasteiger charge is 2.26. The largest absolute Gasteiger partial charge is 0.461 e. The normalized spacial score (nSPS) is 14.3. The molecule has 2 aromatic heterocycles. The Morgan fingerprint density at radius 3 is 2.44 bits per heavy atom. The minimum absolute atomic E-state index is 0.814. The van der Waals surface area contributed by atoms with Gasteiger partial charge in [0.2, 0.25) is 0 Å². The summed E-state index contributed by atoms with van der Waals surface area (Å²) in [6, 6.07) is 38.0. The van der Waals surface area contributed by atoms with Crippen LogP contribution in [0.1, 0.15) is 47.1 Å². The average molecular weight is 650 g/mol. The molecule has 0 atom stereocenters. The maximum atomic E-state index is 6.24. The van der Waals surface area contributed by atoms with E-state index in [9.17, 15) is 0 Å². The Morgan fingerprint density at radius 1 is 0.800 bits per heavy atom. The molecule has 1 N–H and O–H groups in total. The van der Waals surface area contributed by atoms with E-state index in [0.717, 1.165) is 53.5 Å². The molecule has 3 heterocycles. The number of aryl methyl sites for hydroxylation is 2. The first-order chi connectivity index (χ1) is 24.5. The zero-order chi connectivity index (χ0) is 33.9. The molecule has 4 nitrogen and oxygen atoms in total. The van der Waals surface area contributed by atoms with E-state index in [2.05, 4.69) is 157 Å². The van der Waals surface area contributed by atoms with Gasteiger partial charge in [0.05, 0.1) is 11.0 Å². The fraction of sp³-hybridized carbons (Fsp3) is 0.130. The van der Waals surface area contributed by atoms with Crippen LogP contribution in [0.3, 0.4) is 0 Å². The van der Waals surface area contributed by atoms with Gasteiger partial charge in [-0.1, -0.05) is 67.2 Å². The first kappa shape index (κ1) is 30.1. The van der Waals surface area contributed by atoms with Gasteiger partial charge < -0.3 is 19.2 Å². The minimum Gasteiger partial charge on any atom is -0.461 e. The van der Waals surface area contributed by atoms with Gasteiger partial charge >= 0.3 is 0 Å². The number of aromatic nitrogens is 1. The fourth-order valence-electron chi connectivity index (χ4n) is 8.05. The van der Waals surface area contributed by atoms with Crippen molar-refractivity contribution in [1.29, 1.82) is 0 Å². The van der Waals surface area contributed by atoms with E-state index in [1.165, 1.54) is 66.1 Å². The number of para-hydroxylation sites is 1. The number of benzene rings is 5. The van der Waals surface area contributed by atoms with Crippen molar-refractivity contribution in [3.8, 4) is 5.69 Å². The summed E-state index contributed by atoms with van der Waals surface area (Å²) in [5.74, 6) is 1.90. The molecule has 5 aromatic carbocycles. The van der Waals surface area contributed by atoms with Crippen molar-refractivity contribution in [3.63, 3.8) is 0 Å². The topological polar surface area (TPSA) is 33.3 Å². The van der Waals surface area contributed by atoms with Crippen molar-refractivity contribution in [3.05, 3.63) is 167 Å². The lowest BCUT2D eigenvalue weighted by molar-refractivity contribution is 0.496. The van der Waals surface area contributed by atoms with E-state index in [1.54, 1.807) is 0 Å². The predicted molar refractivity (Wildman–Crippen MR) is 211 cm³/mol. The lowest BCUT2D eigenvalue weighted by atomic mass is 9.93. The molecular formula is C46H39N3O. The molecule has 1 aliphatic heterocycles. The molecule has 2 aliphatic rings. The molecular weight excluding hydrogens is 611 g/mol. The summed E-state index contributed by atoms with van der Waals surface area (Å²) in [7, 11) is 0. The van der Waals surface area contributed by atoms with Crippen molar-refractivity contribution in [2.75, 3.05) is 11.4 Å². The van der Waals surface area contributed by atoms with Gasteiger partial charge in [0, 0.05) is 57.6 Å². The van der Waals surface area contributed by atoms with Crippen LogP contribution < -0.4 is 10.2 Å². The van der Waals surface area contributed by atoms with Gasteiger partial charge in [-0.15, -0.1) is 0 Å². The zero-order valence-corrected chi connectivity index (χ0v) is 28.8. The molecule has 7 aromatic rings. The van der Waals surface area contributed by atoms with Crippen LogP contribution >= 0.6 is 0 Å². The smallest absolute Gasteiger partial charge is 0.130 e. The van der Waals surface area contributed by atoms with Crippen LogP contribution in [0.2, 0.25) is 0 Å². The minimum atomic E-state index is 0.814. The third-order valence-electron chi connectivity index (χ3n) is 10.6. The van der Waals surface area contributed by atoms with E-state index in [4.69, 9.17) is 4.42 Å². The number of nitrogens with zero attached hydrogens (tertiary/aromatic N) is 2. The maximum Gasteiger partial charge on any atom is 0.130 e. The Kier molecular flexibility index (Phi) is 7.13. The summed E-state index contributed by atoms with van der Waals surface area (Å²) in [5.41, 5.74) is 14.5. The molecule has 50 heavy (non-hydrogen) atoms. The van der Waals surface area contributed by atoms with E-state index in [0.29, 0.717) is 0 Å². The number of furan rings is 1. The summed E-state index contributed by atoms with van der Waals surface area (Å²) in [6.07, 6.45) is 10.1. The molecule has 0 saturated heterocycles. The van der Waals surface area contributed by atoms with E-state index in [1.807, 2.05) is 12.3 Å². The zero-order valence-electron chi connectivity index (χ0n) is 28.8. The van der Waals surface area contributed by atoms with Crippen LogP contribution in [-0.4, -0.2) is 11.1 Å². The second kappa shape index (κ2) is 11.9. The molecule has 0 amide bonds. The van der Waals surface area contributed by atoms with Crippen molar-refractivity contribution in [2.24, 2.45) is 0 Å². The van der Waals surface area contributed by atoms with Gasteiger partial charge in [0.15, 0.2) is 0 Å². The number of nitrogens with one attached hydrogen (secondary N) is 1. The molecule has 0 saturated carbocycles. The van der Waals surface area contributed by atoms with Gasteiger partial charge in [-0.3, -0.25) is 0 Å². The van der Waals surface area contributed by atoms with Crippen LogP contribution in [0.15, 0.2) is 138 Å². The SMILES string of the molecule is C=Cc1oc2c(c1C)C=C(N(c1ccc(C)c(C3=C(C)C=CNC3)c1)c1ccc3c4c5ccccc5ccc4n(-c4ccccc4)c3c1)CC2. The van der Waals surface area contributed by atoms with Gasteiger partial charge in [0.1, 0.15) is 11.5 Å². The Morgan fingerprint density at radius 2 is 1.60 bits per heavy atom. The van der Waals surface area contributed by atoms with Crippen molar-refractivity contribution in [2.45, 2.75) is 33.6 Å². The lowest BCUT2D eigenvalue weighted by Gasteiger charge is -2.31. The van der Waals surface area contributed by atoms with Crippen LogP contribution in [0.4, 0.5) is 11.4 Å². The van der Waals surface area contributed by atoms with Crippen LogP contribution in [0.5, 0.6) is 0 Å². The van der Waals surface area contributed by atoms with Gasteiger partial charge in [-0.05, 0) is 127 Å². The van der Waals surface area contributed by atoms with Gasteiger partial charge in [-0.2, -0.15) is 0 Å². The van der Waals surface area contributed by atoms with Gasteiger partial charge in [0.25, 0.3) is 0 Å². The Bertz CT molecular complexity index is 2590. The second-order valence-electron chi connectivity index (χ2n) is 13.5. The maximum absolute atomic E-state index is 6.24. The third kappa shape index (κ3) is 4.74. The number of hydrogen-bond acceptors (Lipinski definition) is 3. The lowest BCUT2D eigenvalue weighted by Crippen LogP contribution is -2.20. The third-order valence-corrected chi connectivity index (χ3v) is 10.6. The number of rotatable bonds is 6. The number of hydrogen-bond donors (Lipinski definition) is 1. The number of allylic oxidation sites excluding steroid dienone is 3. The number of anilines is 2. The Hall–Kier alpha value is -6.00. The molecule has 244 valence electrons. The van der Waals surface area contributed by atoms with E-state index >= 15 is 0 Å². The molecule has 4 heteroatoms. The van der Waals surface area contributed by atoms with Crippen molar-refractivity contribution >= 4 is 61.7 Å². The standard InChI is InChI=1S/C46H39N3O/c1-5-44-31(4)40-26-35(19-22-45(40)50-44)48(34-17-15-29(2)39(25-34)41-28-47-24-23-30(41)3)36-18-20-38-43(27-36)49(33-12-7-6-8-13-33)42-21-16-32-11-9-10-14-37(32)46(38)42/h5-18,20-21,23-27,47H,1,19,22,28H2,2-4H3. The summed E-state index contributed by atoms with van der Waals surface area (Å²) < 4.78 is 8.67. The highest BCUT2D eigenvalue weighted by atomic mass is 16.3. The van der Waals surface area contributed by atoms with E-state index < -0.39 is 0 Å². The van der Waals surface area contributed by atoms with Crippen LogP contribution in [0.25, 0.3) is 56.0 Å². The average Bonchev–Trinajstić information content (AvgIpc) is 3.66. The summed E-state index contributed by atoms with van der Waals surface area (Å²) in [5, 5.41) is 8.49. The van der Waals surface area contributed by atoms with E-state index in [-0.39, 0.29) is 0 Å². The molecule has 1 aliphatic carbocycles. The molecule has 0 fully saturated rings. The van der Waals surface area contributed by atoms with Crippen molar-refractivity contribution in [1.82, 2.24) is 9.88 Å². The van der Waals surface area contributed by atoms with Gasteiger partial charge in [-0.25, -0.2) is 0 Å². The fourth-order valence-corrected chi connectivity index (χ4v) is 8.05. The quantitative estimate of drug-likeness (QED) is 0.195. The summed E-state index contributed by atoms with van der Waals surface area (Å²) in [4.78, 5) is 2.47. The highest BCUT2D eigenvalue weighted by molar-refractivity contribution is 6.21. The molecule has 0 unspecified atom stereocenters. The first-order valence-electron chi connectivity index (χ1n) is 17.5. The Labute approximate surface area is 293 Å². The monoisotopic (exact) mass is 649 g/mol. The number of fused-ring (bicyclic) bond motifs is 6. The van der Waals surface area contributed by atoms with Crippen LogP contribution in [0, 0.1) is 13.8 Å². The highest BCUT2D eigenvalue weighted by Crippen LogP contribution is 2.43. The molecule has 9 rings (SSSR count). The number of dihydropyridines is 1. The molecule has 0 radical (unpaired) electrons. The second-order valence-corrected chi connectivity index (χ2v) is 13.5. The summed E-state index contributed by atoms with van der Waals surface area (Å²) in [6.45, 7) is 11.4. The van der Waals surface area contributed by atoms with Crippen LogP contribution in [-0.2, 0) is 6.42 Å².